The molecule has 1 aromatic heterocycles. The number of benzene rings is 1. The molecule has 0 bridgehead atoms. The lowest BCUT2D eigenvalue weighted by Crippen LogP contribution is -2.11. The van der Waals surface area contributed by atoms with Crippen molar-refractivity contribution in [2.75, 3.05) is 5.32 Å². The lowest BCUT2D eigenvalue weighted by molar-refractivity contribution is 0.282. The lowest BCUT2D eigenvalue weighted by Gasteiger charge is -2.16. The van der Waals surface area contributed by atoms with Gasteiger partial charge in [0, 0.05) is 18.9 Å². The Morgan fingerprint density at radius 3 is 2.88 bits per heavy atom. The molecule has 17 heavy (non-hydrogen) atoms. The molecular weight excluding hydrogens is 214 g/mol. The number of nitrogens with zero attached hydrogens (tertiary/aromatic N) is 2. The van der Waals surface area contributed by atoms with Gasteiger partial charge in [0.2, 0.25) is 0 Å². The van der Waals surface area contributed by atoms with Gasteiger partial charge in [-0.05, 0) is 30.7 Å². The molecule has 2 N–H and O–H groups in total. The molecule has 0 aliphatic carbocycles. The Labute approximate surface area is 101 Å². The average Bonchev–Trinajstić information content (AvgIpc) is 2.76. The van der Waals surface area contributed by atoms with E-state index in [2.05, 4.69) is 17.3 Å². The molecule has 0 saturated heterocycles. The molecule has 90 valence electrons. The summed E-state index contributed by atoms with van der Waals surface area (Å²) in [7, 11) is 1.93. The Kier molecular flexibility index (Phi) is 3.44. The third-order valence-corrected chi connectivity index (χ3v) is 2.80. The summed E-state index contributed by atoms with van der Waals surface area (Å²) in [4.78, 5) is 0. The molecule has 2 rings (SSSR count). The third kappa shape index (κ3) is 2.65. The fourth-order valence-corrected chi connectivity index (χ4v) is 1.89. The molecule has 2 aromatic rings. The molecule has 1 aromatic carbocycles. The van der Waals surface area contributed by atoms with Crippen LogP contribution < -0.4 is 5.32 Å². The zero-order chi connectivity index (χ0) is 12.3. The SMILES string of the molecule is CC(Nc1cccc(CO)c1)c1ccnn1C. The summed E-state index contributed by atoms with van der Waals surface area (Å²) >= 11 is 0. The first-order valence-corrected chi connectivity index (χ1v) is 5.65. The van der Waals surface area contributed by atoms with Crippen LogP contribution in [0.5, 0.6) is 0 Å². The van der Waals surface area contributed by atoms with Gasteiger partial charge in [-0.15, -0.1) is 0 Å². The lowest BCUT2D eigenvalue weighted by atomic mass is 10.2. The number of rotatable bonds is 4. The van der Waals surface area contributed by atoms with E-state index in [1.165, 1.54) is 0 Å². The Bertz CT molecular complexity index is 493. The number of aromatic nitrogens is 2. The number of hydrogen-bond donors (Lipinski definition) is 2. The maximum absolute atomic E-state index is 9.08. The van der Waals surface area contributed by atoms with E-state index >= 15 is 0 Å². The van der Waals surface area contributed by atoms with E-state index in [1.54, 1.807) is 6.20 Å². The van der Waals surface area contributed by atoms with Crippen molar-refractivity contribution in [3.05, 3.63) is 47.8 Å². The summed E-state index contributed by atoms with van der Waals surface area (Å²) in [5.41, 5.74) is 3.04. The standard InChI is InChI=1S/C13H17N3O/c1-10(13-6-7-14-16(13)2)15-12-5-3-4-11(8-12)9-17/h3-8,10,15,17H,9H2,1-2H3. The Hall–Kier alpha value is -1.81. The number of hydrogen-bond acceptors (Lipinski definition) is 3. The van der Waals surface area contributed by atoms with Crippen molar-refractivity contribution in [1.29, 1.82) is 0 Å². The molecule has 1 unspecified atom stereocenters. The van der Waals surface area contributed by atoms with Crippen LogP contribution in [0, 0.1) is 0 Å². The maximum Gasteiger partial charge on any atom is 0.0682 e. The van der Waals surface area contributed by atoms with Gasteiger partial charge in [0.05, 0.1) is 18.3 Å². The quantitative estimate of drug-likeness (QED) is 0.847. The predicted octanol–water partition coefficient (Wildman–Crippen LogP) is 2.09. The first-order valence-electron chi connectivity index (χ1n) is 5.65. The van der Waals surface area contributed by atoms with Crippen molar-refractivity contribution in [1.82, 2.24) is 9.78 Å². The molecule has 1 atom stereocenters. The van der Waals surface area contributed by atoms with Crippen LogP contribution >= 0.6 is 0 Å². The monoisotopic (exact) mass is 231 g/mol. The van der Waals surface area contributed by atoms with E-state index in [1.807, 2.05) is 42.1 Å². The van der Waals surface area contributed by atoms with Crippen LogP contribution in [0.3, 0.4) is 0 Å². The van der Waals surface area contributed by atoms with Gasteiger partial charge in [0.15, 0.2) is 0 Å². The van der Waals surface area contributed by atoms with Crippen molar-refractivity contribution in [2.45, 2.75) is 19.6 Å². The van der Waals surface area contributed by atoms with Crippen LogP contribution in [0.2, 0.25) is 0 Å². The molecule has 0 saturated carbocycles. The van der Waals surface area contributed by atoms with Crippen molar-refractivity contribution in [2.24, 2.45) is 7.05 Å². The van der Waals surface area contributed by atoms with Crippen molar-refractivity contribution >= 4 is 5.69 Å². The van der Waals surface area contributed by atoms with E-state index in [-0.39, 0.29) is 12.6 Å². The molecule has 0 amide bonds. The number of aliphatic hydroxyl groups excluding tert-OH is 1. The first-order chi connectivity index (χ1) is 8.20. The molecule has 4 nitrogen and oxygen atoms in total. The van der Waals surface area contributed by atoms with Gasteiger partial charge in [-0.3, -0.25) is 4.68 Å². The molecule has 1 heterocycles. The second kappa shape index (κ2) is 5.01. The molecule has 4 heteroatoms. The van der Waals surface area contributed by atoms with Crippen molar-refractivity contribution in [3.63, 3.8) is 0 Å². The minimum atomic E-state index is 0.0651. The van der Waals surface area contributed by atoms with Gasteiger partial charge in [-0.1, -0.05) is 12.1 Å². The number of aliphatic hydroxyl groups is 1. The highest BCUT2D eigenvalue weighted by Crippen LogP contribution is 2.19. The van der Waals surface area contributed by atoms with Gasteiger partial charge in [0.25, 0.3) is 0 Å². The maximum atomic E-state index is 9.08. The summed E-state index contributed by atoms with van der Waals surface area (Å²) in [6.07, 6.45) is 1.79. The summed E-state index contributed by atoms with van der Waals surface area (Å²) < 4.78 is 1.85. The zero-order valence-electron chi connectivity index (χ0n) is 10.1. The molecule has 0 aliphatic heterocycles. The third-order valence-electron chi connectivity index (χ3n) is 2.80. The minimum absolute atomic E-state index is 0.0651. The van der Waals surface area contributed by atoms with Crippen LogP contribution in [0.4, 0.5) is 5.69 Å². The molecular formula is C13H17N3O. The Balaban J connectivity index is 2.13. The van der Waals surface area contributed by atoms with Gasteiger partial charge >= 0.3 is 0 Å². The zero-order valence-corrected chi connectivity index (χ0v) is 10.1. The molecule has 0 radical (unpaired) electrons. The van der Waals surface area contributed by atoms with Crippen LogP contribution in [-0.2, 0) is 13.7 Å². The smallest absolute Gasteiger partial charge is 0.0682 e. The van der Waals surface area contributed by atoms with E-state index in [0.717, 1.165) is 16.9 Å². The fourth-order valence-electron chi connectivity index (χ4n) is 1.89. The minimum Gasteiger partial charge on any atom is -0.392 e. The van der Waals surface area contributed by atoms with Crippen LogP contribution in [0.15, 0.2) is 36.5 Å². The number of aryl methyl sites for hydroxylation is 1. The second-order valence-corrected chi connectivity index (χ2v) is 4.10. The van der Waals surface area contributed by atoms with Crippen molar-refractivity contribution in [3.8, 4) is 0 Å². The molecule has 0 aliphatic rings. The fraction of sp³-hybridized carbons (Fsp3) is 0.308. The topological polar surface area (TPSA) is 50.1 Å². The Morgan fingerprint density at radius 2 is 2.24 bits per heavy atom. The van der Waals surface area contributed by atoms with Gasteiger partial charge in [0.1, 0.15) is 0 Å². The first kappa shape index (κ1) is 11.7. The number of nitrogens with one attached hydrogen (secondary N) is 1. The second-order valence-electron chi connectivity index (χ2n) is 4.10. The number of anilines is 1. The highest BCUT2D eigenvalue weighted by Gasteiger charge is 2.08. The van der Waals surface area contributed by atoms with Gasteiger partial charge in [-0.2, -0.15) is 5.10 Å². The van der Waals surface area contributed by atoms with Crippen LogP contribution in [-0.4, -0.2) is 14.9 Å². The van der Waals surface area contributed by atoms with E-state index in [9.17, 15) is 0 Å². The summed E-state index contributed by atoms with van der Waals surface area (Å²) in [6.45, 7) is 2.15. The Morgan fingerprint density at radius 1 is 1.41 bits per heavy atom. The van der Waals surface area contributed by atoms with Gasteiger partial charge < -0.3 is 10.4 Å². The van der Waals surface area contributed by atoms with Gasteiger partial charge in [-0.25, -0.2) is 0 Å². The molecule has 0 fully saturated rings. The largest absolute Gasteiger partial charge is 0.392 e. The summed E-state index contributed by atoms with van der Waals surface area (Å²) in [5.74, 6) is 0. The van der Waals surface area contributed by atoms with Crippen LogP contribution in [0.25, 0.3) is 0 Å². The highest BCUT2D eigenvalue weighted by atomic mass is 16.3. The highest BCUT2D eigenvalue weighted by molar-refractivity contribution is 5.47. The normalized spacial score (nSPS) is 12.4. The van der Waals surface area contributed by atoms with E-state index in [0.29, 0.717) is 0 Å². The average molecular weight is 231 g/mol. The predicted molar refractivity (Wildman–Crippen MR) is 67.6 cm³/mol. The molecule has 0 spiro atoms. The van der Waals surface area contributed by atoms with Crippen molar-refractivity contribution < 1.29 is 5.11 Å². The summed E-state index contributed by atoms with van der Waals surface area (Å²) in [5, 5.41) is 16.6. The summed E-state index contributed by atoms with van der Waals surface area (Å²) in [6, 6.07) is 9.95. The van der Waals surface area contributed by atoms with E-state index < -0.39 is 0 Å². The van der Waals surface area contributed by atoms with E-state index in [4.69, 9.17) is 5.11 Å². The van der Waals surface area contributed by atoms with Crippen LogP contribution in [0.1, 0.15) is 24.2 Å².